The number of rotatable bonds is 9. The fraction of sp³-hybridized carbons (Fsp3) is 0.625. The average molecular weight is 281 g/mol. The standard InChI is InChI=1S/C16H27NOS/c1-5-10-17-16(12-19-13(3)6-2)14-8-7-9-15(11-14)18-4/h7-9,11,13,16-17H,5-6,10,12H2,1-4H3. The van der Waals surface area contributed by atoms with Crippen molar-refractivity contribution in [1.29, 1.82) is 0 Å². The summed E-state index contributed by atoms with van der Waals surface area (Å²) in [6.45, 7) is 7.81. The van der Waals surface area contributed by atoms with Crippen molar-refractivity contribution in [2.24, 2.45) is 0 Å². The molecule has 108 valence electrons. The van der Waals surface area contributed by atoms with E-state index in [-0.39, 0.29) is 0 Å². The molecule has 0 amide bonds. The molecule has 0 spiro atoms. The molecule has 0 heterocycles. The van der Waals surface area contributed by atoms with Crippen LogP contribution in [0.5, 0.6) is 5.75 Å². The van der Waals surface area contributed by atoms with E-state index in [2.05, 4.69) is 44.3 Å². The molecule has 0 fully saturated rings. The van der Waals surface area contributed by atoms with Gasteiger partial charge < -0.3 is 10.1 Å². The van der Waals surface area contributed by atoms with Crippen molar-refractivity contribution < 1.29 is 4.74 Å². The highest BCUT2D eigenvalue weighted by molar-refractivity contribution is 7.99. The first-order valence-corrected chi connectivity index (χ1v) is 8.25. The Morgan fingerprint density at radius 3 is 2.74 bits per heavy atom. The minimum atomic E-state index is 0.411. The molecule has 2 atom stereocenters. The van der Waals surface area contributed by atoms with Gasteiger partial charge in [0.25, 0.3) is 0 Å². The molecule has 1 aromatic carbocycles. The van der Waals surface area contributed by atoms with Gasteiger partial charge in [-0.05, 0) is 37.1 Å². The maximum Gasteiger partial charge on any atom is 0.119 e. The van der Waals surface area contributed by atoms with Crippen LogP contribution in [0, 0.1) is 0 Å². The SMILES string of the molecule is CCCNC(CSC(C)CC)c1cccc(OC)c1. The largest absolute Gasteiger partial charge is 0.497 e. The van der Waals surface area contributed by atoms with E-state index < -0.39 is 0 Å². The Morgan fingerprint density at radius 1 is 1.32 bits per heavy atom. The molecule has 0 aliphatic carbocycles. The van der Waals surface area contributed by atoms with Gasteiger partial charge in [0.15, 0.2) is 0 Å². The maximum absolute atomic E-state index is 5.32. The van der Waals surface area contributed by atoms with Crippen molar-refractivity contribution >= 4 is 11.8 Å². The van der Waals surface area contributed by atoms with Crippen LogP contribution in [0.1, 0.15) is 45.2 Å². The highest BCUT2D eigenvalue weighted by Crippen LogP contribution is 2.25. The van der Waals surface area contributed by atoms with Gasteiger partial charge in [-0.3, -0.25) is 0 Å². The predicted octanol–water partition coefficient (Wildman–Crippen LogP) is 4.27. The number of methoxy groups -OCH3 is 1. The van der Waals surface area contributed by atoms with E-state index in [9.17, 15) is 0 Å². The number of thioether (sulfide) groups is 1. The lowest BCUT2D eigenvalue weighted by atomic mass is 10.1. The summed E-state index contributed by atoms with van der Waals surface area (Å²) in [7, 11) is 1.72. The fourth-order valence-electron chi connectivity index (χ4n) is 1.83. The third-order valence-corrected chi connectivity index (χ3v) is 4.69. The van der Waals surface area contributed by atoms with Crippen LogP contribution in [-0.4, -0.2) is 24.7 Å². The van der Waals surface area contributed by atoms with Gasteiger partial charge in [-0.15, -0.1) is 0 Å². The average Bonchev–Trinajstić information content (AvgIpc) is 2.47. The van der Waals surface area contributed by atoms with Crippen molar-refractivity contribution in [3.8, 4) is 5.75 Å². The lowest BCUT2D eigenvalue weighted by Gasteiger charge is -2.21. The molecule has 1 rings (SSSR count). The number of hydrogen-bond donors (Lipinski definition) is 1. The quantitative estimate of drug-likeness (QED) is 0.730. The van der Waals surface area contributed by atoms with Gasteiger partial charge in [0.2, 0.25) is 0 Å². The number of benzene rings is 1. The number of ether oxygens (including phenoxy) is 1. The van der Waals surface area contributed by atoms with Crippen molar-refractivity contribution in [2.75, 3.05) is 19.4 Å². The third-order valence-electron chi connectivity index (χ3n) is 3.26. The molecule has 2 nitrogen and oxygen atoms in total. The van der Waals surface area contributed by atoms with Gasteiger partial charge in [0.05, 0.1) is 7.11 Å². The van der Waals surface area contributed by atoms with Crippen LogP contribution < -0.4 is 10.1 Å². The van der Waals surface area contributed by atoms with Gasteiger partial charge in [0.1, 0.15) is 5.75 Å². The molecule has 19 heavy (non-hydrogen) atoms. The molecular weight excluding hydrogens is 254 g/mol. The Labute approximate surface area is 122 Å². The van der Waals surface area contributed by atoms with Crippen molar-refractivity contribution in [2.45, 2.75) is 44.9 Å². The second kappa shape index (κ2) is 9.27. The van der Waals surface area contributed by atoms with Crippen molar-refractivity contribution in [3.63, 3.8) is 0 Å². The van der Waals surface area contributed by atoms with Crippen LogP contribution in [0.2, 0.25) is 0 Å². The van der Waals surface area contributed by atoms with E-state index in [0.29, 0.717) is 6.04 Å². The van der Waals surface area contributed by atoms with Crippen LogP contribution in [-0.2, 0) is 0 Å². The summed E-state index contributed by atoms with van der Waals surface area (Å²) in [6, 6.07) is 8.82. The van der Waals surface area contributed by atoms with E-state index in [1.54, 1.807) is 7.11 Å². The van der Waals surface area contributed by atoms with Crippen LogP contribution in [0.3, 0.4) is 0 Å². The molecule has 0 radical (unpaired) electrons. The van der Waals surface area contributed by atoms with E-state index in [0.717, 1.165) is 29.7 Å². The molecule has 0 saturated heterocycles. The molecule has 0 aliphatic rings. The highest BCUT2D eigenvalue weighted by Gasteiger charge is 2.13. The Hall–Kier alpha value is -0.670. The lowest BCUT2D eigenvalue weighted by Crippen LogP contribution is -2.24. The minimum Gasteiger partial charge on any atom is -0.497 e. The Morgan fingerprint density at radius 2 is 2.11 bits per heavy atom. The van der Waals surface area contributed by atoms with E-state index in [1.807, 2.05) is 17.8 Å². The molecule has 0 bridgehead atoms. The van der Waals surface area contributed by atoms with Gasteiger partial charge in [0, 0.05) is 17.0 Å². The monoisotopic (exact) mass is 281 g/mol. The second-order valence-electron chi connectivity index (χ2n) is 4.84. The van der Waals surface area contributed by atoms with Gasteiger partial charge in [-0.25, -0.2) is 0 Å². The Kier molecular flexibility index (Phi) is 7.99. The summed E-state index contributed by atoms with van der Waals surface area (Å²) in [5, 5.41) is 4.36. The maximum atomic E-state index is 5.32. The normalized spacial score (nSPS) is 14.1. The first kappa shape index (κ1) is 16.4. The lowest BCUT2D eigenvalue weighted by molar-refractivity contribution is 0.413. The van der Waals surface area contributed by atoms with Gasteiger partial charge in [-0.1, -0.05) is 32.9 Å². The van der Waals surface area contributed by atoms with Gasteiger partial charge in [-0.2, -0.15) is 11.8 Å². The smallest absolute Gasteiger partial charge is 0.119 e. The summed E-state index contributed by atoms with van der Waals surface area (Å²) >= 11 is 2.04. The van der Waals surface area contributed by atoms with Crippen LogP contribution in [0.15, 0.2) is 24.3 Å². The molecular formula is C16H27NOS. The molecule has 0 saturated carbocycles. The Bertz CT molecular complexity index is 356. The number of hydrogen-bond acceptors (Lipinski definition) is 3. The zero-order chi connectivity index (χ0) is 14.1. The van der Waals surface area contributed by atoms with E-state index in [4.69, 9.17) is 4.74 Å². The second-order valence-corrected chi connectivity index (χ2v) is 6.31. The summed E-state index contributed by atoms with van der Waals surface area (Å²) in [5.74, 6) is 2.05. The third kappa shape index (κ3) is 5.87. The molecule has 0 aromatic heterocycles. The summed E-state index contributed by atoms with van der Waals surface area (Å²) in [6.07, 6.45) is 2.39. The first-order valence-electron chi connectivity index (χ1n) is 7.20. The molecule has 0 aliphatic heterocycles. The number of nitrogens with one attached hydrogen (secondary N) is 1. The summed E-state index contributed by atoms with van der Waals surface area (Å²) in [4.78, 5) is 0. The van der Waals surface area contributed by atoms with Crippen LogP contribution in [0.25, 0.3) is 0 Å². The van der Waals surface area contributed by atoms with E-state index >= 15 is 0 Å². The molecule has 1 N–H and O–H groups in total. The van der Waals surface area contributed by atoms with Crippen molar-refractivity contribution in [3.05, 3.63) is 29.8 Å². The predicted molar refractivity (Wildman–Crippen MR) is 86.2 cm³/mol. The van der Waals surface area contributed by atoms with Gasteiger partial charge >= 0.3 is 0 Å². The fourth-order valence-corrected chi connectivity index (χ4v) is 2.90. The molecule has 2 unspecified atom stereocenters. The summed E-state index contributed by atoms with van der Waals surface area (Å²) in [5.41, 5.74) is 1.32. The van der Waals surface area contributed by atoms with Crippen LogP contribution in [0.4, 0.5) is 0 Å². The first-order chi connectivity index (χ1) is 9.21. The topological polar surface area (TPSA) is 21.3 Å². The van der Waals surface area contributed by atoms with Crippen LogP contribution >= 0.6 is 11.8 Å². The zero-order valence-corrected chi connectivity index (χ0v) is 13.4. The highest BCUT2D eigenvalue weighted by atomic mass is 32.2. The molecule has 3 heteroatoms. The summed E-state index contributed by atoms with van der Waals surface area (Å²) < 4.78 is 5.32. The Balaban J connectivity index is 2.70. The molecule has 1 aromatic rings. The van der Waals surface area contributed by atoms with E-state index in [1.165, 1.54) is 12.0 Å². The minimum absolute atomic E-state index is 0.411. The van der Waals surface area contributed by atoms with Crippen molar-refractivity contribution in [1.82, 2.24) is 5.32 Å². The zero-order valence-electron chi connectivity index (χ0n) is 12.6.